The first kappa shape index (κ1) is 18.4. The van der Waals surface area contributed by atoms with E-state index in [0.29, 0.717) is 24.2 Å². The lowest BCUT2D eigenvalue weighted by Gasteiger charge is -2.29. The van der Waals surface area contributed by atoms with Gasteiger partial charge < -0.3 is 4.90 Å². The molecule has 1 aromatic carbocycles. The number of carbonyl (C=O) groups excluding carboxylic acids is 1. The van der Waals surface area contributed by atoms with Crippen LogP contribution in [0.5, 0.6) is 0 Å². The van der Waals surface area contributed by atoms with E-state index in [-0.39, 0.29) is 11.5 Å². The van der Waals surface area contributed by atoms with Crippen molar-refractivity contribution in [3.63, 3.8) is 0 Å². The molecular weight excluding hydrogens is 367 g/mol. The van der Waals surface area contributed by atoms with Crippen LogP contribution in [0.2, 0.25) is 5.02 Å². The second-order valence-electron chi connectivity index (χ2n) is 6.11. The lowest BCUT2D eigenvalue weighted by atomic mass is 10.2. The van der Waals surface area contributed by atoms with Crippen molar-refractivity contribution in [2.75, 3.05) is 49.2 Å². The van der Waals surface area contributed by atoms with E-state index in [1.165, 1.54) is 35.1 Å². The van der Waals surface area contributed by atoms with Crippen molar-refractivity contribution in [2.24, 2.45) is 0 Å². The number of carbonyl (C=O) groups is 1. The van der Waals surface area contributed by atoms with Crippen molar-refractivity contribution in [3.05, 3.63) is 34.6 Å². The molecule has 2 heterocycles. The number of hydrogen-bond acceptors (Lipinski definition) is 4. The molecular formula is C17H22ClFN2OS2. The fourth-order valence-electron chi connectivity index (χ4n) is 3.15. The second kappa shape index (κ2) is 8.79. The van der Waals surface area contributed by atoms with Crippen molar-refractivity contribution in [3.8, 4) is 0 Å². The zero-order valence-electron chi connectivity index (χ0n) is 13.5. The number of rotatable bonds is 2. The molecule has 2 aliphatic heterocycles. The average molecular weight is 389 g/mol. The normalized spacial score (nSPS) is 21.3. The molecule has 1 aromatic rings. The molecule has 0 saturated carbocycles. The third kappa shape index (κ3) is 4.59. The molecule has 2 fully saturated rings. The maximum absolute atomic E-state index is 14.0. The Bertz CT molecular complexity index is 582. The molecule has 0 spiro atoms. The van der Waals surface area contributed by atoms with Crippen molar-refractivity contribution >= 4 is 41.0 Å². The van der Waals surface area contributed by atoms with E-state index in [2.05, 4.69) is 4.90 Å². The second-order valence-corrected chi connectivity index (χ2v) is 8.85. The van der Waals surface area contributed by atoms with E-state index in [0.717, 1.165) is 19.5 Å². The molecule has 0 bridgehead atoms. The summed E-state index contributed by atoms with van der Waals surface area (Å²) in [5.41, 5.74) is 0.119. The van der Waals surface area contributed by atoms with Crippen LogP contribution in [-0.2, 0) is 0 Å². The summed E-state index contributed by atoms with van der Waals surface area (Å²) in [6.45, 7) is 3.22. The Morgan fingerprint density at radius 3 is 2.58 bits per heavy atom. The first-order chi connectivity index (χ1) is 11.6. The van der Waals surface area contributed by atoms with Gasteiger partial charge in [-0.2, -0.15) is 23.5 Å². The summed E-state index contributed by atoms with van der Waals surface area (Å²) < 4.78 is 14.0. The Kier molecular flexibility index (Phi) is 6.72. The maximum Gasteiger partial charge on any atom is 0.256 e. The summed E-state index contributed by atoms with van der Waals surface area (Å²) in [4.78, 5) is 16.9. The van der Waals surface area contributed by atoms with Crippen LogP contribution in [0.25, 0.3) is 0 Å². The average Bonchev–Trinajstić information content (AvgIpc) is 2.97. The number of nitrogens with zero attached hydrogens (tertiary/aromatic N) is 2. The molecule has 24 heavy (non-hydrogen) atoms. The van der Waals surface area contributed by atoms with Gasteiger partial charge in [0.1, 0.15) is 5.82 Å². The summed E-state index contributed by atoms with van der Waals surface area (Å²) in [5.74, 6) is 4.05. The van der Waals surface area contributed by atoms with Gasteiger partial charge in [0.25, 0.3) is 5.91 Å². The van der Waals surface area contributed by atoms with Gasteiger partial charge >= 0.3 is 0 Å². The Labute approximate surface area is 156 Å². The first-order valence-corrected chi connectivity index (χ1v) is 11.0. The van der Waals surface area contributed by atoms with Gasteiger partial charge in [-0.15, -0.1) is 0 Å². The van der Waals surface area contributed by atoms with Gasteiger partial charge in [-0.25, -0.2) is 4.39 Å². The smallest absolute Gasteiger partial charge is 0.256 e. The van der Waals surface area contributed by atoms with Crippen LogP contribution < -0.4 is 0 Å². The fraction of sp³-hybridized carbons (Fsp3) is 0.588. The van der Waals surface area contributed by atoms with Gasteiger partial charge in [-0.05, 0) is 24.6 Å². The molecule has 0 aromatic heterocycles. The standard InChI is InChI=1S/C17H22ClFN2OS2/c18-13-2-3-15(16(19)10-13)17(22)21-5-1-4-20(6-7-21)14-11-23-8-9-24-12-14/h2-3,10,14H,1,4-9,11-12H2. The topological polar surface area (TPSA) is 23.6 Å². The van der Waals surface area contributed by atoms with Crippen LogP contribution in [0.3, 0.4) is 0 Å². The predicted molar refractivity (Wildman–Crippen MR) is 102 cm³/mol. The predicted octanol–water partition coefficient (Wildman–Crippen LogP) is 3.48. The first-order valence-electron chi connectivity index (χ1n) is 8.29. The number of benzene rings is 1. The van der Waals surface area contributed by atoms with E-state index in [1.54, 1.807) is 11.0 Å². The highest BCUT2D eigenvalue weighted by Gasteiger charge is 2.26. The minimum absolute atomic E-state index is 0.119. The van der Waals surface area contributed by atoms with Crippen LogP contribution in [0.4, 0.5) is 4.39 Å². The van der Waals surface area contributed by atoms with E-state index in [1.807, 2.05) is 23.5 Å². The Morgan fingerprint density at radius 1 is 1.12 bits per heavy atom. The number of thioether (sulfide) groups is 2. The molecule has 1 amide bonds. The maximum atomic E-state index is 14.0. The molecule has 2 aliphatic rings. The van der Waals surface area contributed by atoms with Crippen LogP contribution in [0.1, 0.15) is 16.8 Å². The molecule has 2 saturated heterocycles. The van der Waals surface area contributed by atoms with E-state index < -0.39 is 5.82 Å². The van der Waals surface area contributed by atoms with Gasteiger partial charge in [0, 0.05) is 60.3 Å². The Hall–Kier alpha value is -0.430. The van der Waals surface area contributed by atoms with Gasteiger partial charge in [-0.3, -0.25) is 9.69 Å². The molecule has 0 aliphatic carbocycles. The minimum atomic E-state index is -0.537. The third-order valence-electron chi connectivity index (χ3n) is 4.49. The van der Waals surface area contributed by atoms with Gasteiger partial charge in [0.2, 0.25) is 0 Å². The molecule has 7 heteroatoms. The van der Waals surface area contributed by atoms with Crippen LogP contribution >= 0.6 is 35.1 Å². The van der Waals surface area contributed by atoms with Crippen LogP contribution in [0, 0.1) is 5.82 Å². The van der Waals surface area contributed by atoms with Crippen molar-refractivity contribution in [1.82, 2.24) is 9.80 Å². The van der Waals surface area contributed by atoms with Gasteiger partial charge in [-0.1, -0.05) is 11.6 Å². The summed E-state index contributed by atoms with van der Waals surface area (Å²) in [6.07, 6.45) is 0.937. The quantitative estimate of drug-likeness (QED) is 0.773. The summed E-state index contributed by atoms with van der Waals surface area (Å²) in [5, 5.41) is 0.314. The van der Waals surface area contributed by atoms with Crippen LogP contribution in [-0.4, -0.2) is 70.9 Å². The molecule has 0 N–H and O–H groups in total. The van der Waals surface area contributed by atoms with Gasteiger partial charge in [0.15, 0.2) is 0 Å². The number of halogens is 2. The third-order valence-corrected chi connectivity index (χ3v) is 7.21. The monoisotopic (exact) mass is 388 g/mol. The van der Waals surface area contributed by atoms with Crippen molar-refractivity contribution < 1.29 is 9.18 Å². The zero-order valence-corrected chi connectivity index (χ0v) is 15.9. The lowest BCUT2D eigenvalue weighted by Crippen LogP contribution is -2.42. The van der Waals surface area contributed by atoms with Gasteiger partial charge in [0.05, 0.1) is 5.56 Å². The molecule has 0 atom stereocenters. The minimum Gasteiger partial charge on any atom is -0.337 e. The molecule has 3 rings (SSSR count). The zero-order chi connectivity index (χ0) is 16.9. The van der Waals surface area contributed by atoms with E-state index in [9.17, 15) is 9.18 Å². The van der Waals surface area contributed by atoms with E-state index >= 15 is 0 Å². The van der Waals surface area contributed by atoms with Crippen LogP contribution in [0.15, 0.2) is 18.2 Å². The Balaban J connectivity index is 1.63. The van der Waals surface area contributed by atoms with Crippen molar-refractivity contribution in [2.45, 2.75) is 12.5 Å². The highest BCUT2D eigenvalue weighted by atomic mass is 35.5. The largest absolute Gasteiger partial charge is 0.337 e. The fourth-order valence-corrected chi connectivity index (χ4v) is 5.94. The molecule has 132 valence electrons. The molecule has 3 nitrogen and oxygen atoms in total. The highest BCUT2D eigenvalue weighted by molar-refractivity contribution is 8.03. The lowest BCUT2D eigenvalue weighted by molar-refractivity contribution is 0.0755. The van der Waals surface area contributed by atoms with E-state index in [4.69, 9.17) is 11.6 Å². The number of amides is 1. The molecule has 0 unspecified atom stereocenters. The summed E-state index contributed by atoms with van der Waals surface area (Å²) in [7, 11) is 0. The summed E-state index contributed by atoms with van der Waals surface area (Å²) in [6, 6.07) is 4.85. The molecule has 0 radical (unpaired) electrons. The highest BCUT2D eigenvalue weighted by Crippen LogP contribution is 2.22. The summed E-state index contributed by atoms with van der Waals surface area (Å²) >= 11 is 9.83. The SMILES string of the molecule is O=C(c1ccc(Cl)cc1F)N1CCCN(C2CSCCSC2)CC1. The van der Waals surface area contributed by atoms with Crippen molar-refractivity contribution in [1.29, 1.82) is 0 Å². The Morgan fingerprint density at radius 2 is 1.88 bits per heavy atom. The number of hydrogen-bond donors (Lipinski definition) is 0.